The van der Waals surface area contributed by atoms with Crippen LogP contribution in [0.1, 0.15) is 16.7 Å². The van der Waals surface area contributed by atoms with Crippen LogP contribution in [0.5, 0.6) is 5.75 Å². The van der Waals surface area contributed by atoms with E-state index in [9.17, 15) is 4.79 Å². The van der Waals surface area contributed by atoms with Crippen LogP contribution in [0.15, 0.2) is 48.5 Å². The number of ether oxygens (including phenoxy) is 1. The zero-order chi connectivity index (χ0) is 15.2. The van der Waals surface area contributed by atoms with Gasteiger partial charge in [0.05, 0.1) is 12.8 Å². The molecule has 0 spiro atoms. The van der Waals surface area contributed by atoms with Crippen LogP contribution in [-0.2, 0) is 4.79 Å². The van der Waals surface area contributed by atoms with Crippen molar-refractivity contribution >= 4 is 17.7 Å². The summed E-state index contributed by atoms with van der Waals surface area (Å²) in [6, 6.07) is 13.7. The van der Waals surface area contributed by atoms with Gasteiger partial charge in [-0.05, 0) is 43.2 Å². The number of amides is 1. The molecule has 0 fully saturated rings. The Kier molecular flexibility index (Phi) is 4.77. The van der Waals surface area contributed by atoms with Crippen LogP contribution in [0.25, 0.3) is 6.08 Å². The molecule has 0 heterocycles. The third-order valence-corrected chi connectivity index (χ3v) is 3.12. The van der Waals surface area contributed by atoms with E-state index >= 15 is 0 Å². The van der Waals surface area contributed by atoms with Crippen LogP contribution in [0.4, 0.5) is 5.69 Å². The maximum Gasteiger partial charge on any atom is 0.248 e. The molecule has 0 aliphatic heterocycles. The first kappa shape index (κ1) is 14.9. The molecule has 0 bridgehead atoms. The van der Waals surface area contributed by atoms with Gasteiger partial charge in [-0.15, -0.1) is 0 Å². The Hall–Kier alpha value is -2.55. The van der Waals surface area contributed by atoms with Gasteiger partial charge in [0.1, 0.15) is 5.75 Å². The van der Waals surface area contributed by atoms with Gasteiger partial charge in [0, 0.05) is 6.08 Å². The van der Waals surface area contributed by atoms with Crippen LogP contribution in [0.2, 0.25) is 0 Å². The van der Waals surface area contributed by atoms with Gasteiger partial charge in [-0.2, -0.15) is 0 Å². The van der Waals surface area contributed by atoms with Crippen LogP contribution < -0.4 is 10.1 Å². The first-order valence-electron chi connectivity index (χ1n) is 6.79. The molecule has 21 heavy (non-hydrogen) atoms. The molecule has 3 nitrogen and oxygen atoms in total. The van der Waals surface area contributed by atoms with E-state index in [1.165, 1.54) is 11.6 Å². The number of anilines is 1. The van der Waals surface area contributed by atoms with E-state index < -0.39 is 0 Å². The van der Waals surface area contributed by atoms with Gasteiger partial charge in [-0.1, -0.05) is 35.9 Å². The molecular weight excluding hydrogens is 262 g/mol. The minimum absolute atomic E-state index is 0.181. The molecule has 1 amide bonds. The topological polar surface area (TPSA) is 38.3 Å². The molecule has 2 rings (SSSR count). The summed E-state index contributed by atoms with van der Waals surface area (Å²) in [6.07, 6.45) is 3.31. The van der Waals surface area contributed by atoms with Crippen LogP contribution in [0, 0.1) is 13.8 Å². The number of benzene rings is 2. The van der Waals surface area contributed by atoms with E-state index in [2.05, 4.69) is 5.32 Å². The number of carbonyl (C=O) groups excluding carboxylic acids is 1. The van der Waals surface area contributed by atoms with Crippen molar-refractivity contribution in [1.82, 2.24) is 0 Å². The largest absolute Gasteiger partial charge is 0.495 e. The standard InChI is InChI=1S/C18H19NO2/c1-13-4-7-15(8-5-13)9-11-18(20)19-16-12-14(2)6-10-17(16)21-3/h4-12H,1-3H3,(H,19,20)/b11-9+. The fourth-order valence-electron chi connectivity index (χ4n) is 1.94. The van der Waals surface area contributed by atoms with E-state index in [1.54, 1.807) is 13.2 Å². The molecule has 0 aromatic heterocycles. The highest BCUT2D eigenvalue weighted by atomic mass is 16.5. The predicted octanol–water partition coefficient (Wildman–Crippen LogP) is 3.96. The number of methoxy groups -OCH3 is 1. The van der Waals surface area contributed by atoms with Gasteiger partial charge in [-0.3, -0.25) is 4.79 Å². The molecule has 0 unspecified atom stereocenters. The highest BCUT2D eigenvalue weighted by Gasteiger charge is 2.05. The number of rotatable bonds is 4. The summed E-state index contributed by atoms with van der Waals surface area (Å²) in [5, 5.41) is 2.83. The molecule has 0 atom stereocenters. The summed E-state index contributed by atoms with van der Waals surface area (Å²) in [7, 11) is 1.59. The second kappa shape index (κ2) is 6.75. The van der Waals surface area contributed by atoms with Crippen molar-refractivity contribution < 1.29 is 9.53 Å². The minimum Gasteiger partial charge on any atom is -0.495 e. The van der Waals surface area contributed by atoms with Gasteiger partial charge in [0.25, 0.3) is 0 Å². The number of aryl methyl sites for hydroxylation is 2. The third-order valence-electron chi connectivity index (χ3n) is 3.12. The van der Waals surface area contributed by atoms with Crippen molar-refractivity contribution in [2.45, 2.75) is 13.8 Å². The van der Waals surface area contributed by atoms with Crippen molar-refractivity contribution in [3.63, 3.8) is 0 Å². The Morgan fingerprint density at radius 2 is 1.71 bits per heavy atom. The normalized spacial score (nSPS) is 10.6. The lowest BCUT2D eigenvalue weighted by Gasteiger charge is -2.09. The van der Waals surface area contributed by atoms with Crippen LogP contribution >= 0.6 is 0 Å². The molecule has 0 aliphatic carbocycles. The maximum absolute atomic E-state index is 12.0. The zero-order valence-corrected chi connectivity index (χ0v) is 12.5. The zero-order valence-electron chi connectivity index (χ0n) is 12.5. The Morgan fingerprint density at radius 1 is 1.05 bits per heavy atom. The summed E-state index contributed by atoms with van der Waals surface area (Å²) in [4.78, 5) is 12.0. The number of hydrogen-bond donors (Lipinski definition) is 1. The van der Waals surface area contributed by atoms with Gasteiger partial charge in [0.2, 0.25) is 5.91 Å². The number of hydrogen-bond acceptors (Lipinski definition) is 2. The number of carbonyl (C=O) groups is 1. The summed E-state index contributed by atoms with van der Waals surface area (Å²) in [5.41, 5.74) is 3.93. The highest BCUT2D eigenvalue weighted by molar-refractivity contribution is 6.02. The fraction of sp³-hybridized carbons (Fsp3) is 0.167. The number of nitrogens with one attached hydrogen (secondary N) is 1. The molecule has 0 aliphatic rings. The molecule has 3 heteroatoms. The molecule has 108 valence electrons. The summed E-state index contributed by atoms with van der Waals surface area (Å²) in [6.45, 7) is 4.00. The molecule has 0 saturated heterocycles. The van der Waals surface area contributed by atoms with E-state index in [1.807, 2.05) is 56.3 Å². The van der Waals surface area contributed by atoms with Crippen molar-refractivity contribution in [3.05, 3.63) is 65.2 Å². The lowest BCUT2D eigenvalue weighted by molar-refractivity contribution is -0.111. The molecule has 1 N–H and O–H groups in total. The van der Waals surface area contributed by atoms with E-state index in [4.69, 9.17) is 4.74 Å². The van der Waals surface area contributed by atoms with Crippen molar-refractivity contribution in [1.29, 1.82) is 0 Å². The second-order valence-corrected chi connectivity index (χ2v) is 4.94. The smallest absolute Gasteiger partial charge is 0.248 e. The Balaban J connectivity index is 2.08. The van der Waals surface area contributed by atoms with Gasteiger partial charge in [-0.25, -0.2) is 0 Å². The van der Waals surface area contributed by atoms with Crippen molar-refractivity contribution in [2.75, 3.05) is 12.4 Å². The molecule has 2 aromatic rings. The SMILES string of the molecule is COc1ccc(C)cc1NC(=O)/C=C/c1ccc(C)cc1. The van der Waals surface area contributed by atoms with E-state index in [-0.39, 0.29) is 5.91 Å². The monoisotopic (exact) mass is 281 g/mol. The van der Waals surface area contributed by atoms with Crippen LogP contribution in [0.3, 0.4) is 0 Å². The van der Waals surface area contributed by atoms with E-state index in [0.717, 1.165) is 11.1 Å². The molecule has 0 saturated carbocycles. The summed E-state index contributed by atoms with van der Waals surface area (Å²) < 4.78 is 5.24. The first-order valence-corrected chi connectivity index (χ1v) is 6.79. The lowest BCUT2D eigenvalue weighted by atomic mass is 10.1. The Morgan fingerprint density at radius 3 is 2.38 bits per heavy atom. The minimum atomic E-state index is -0.181. The average molecular weight is 281 g/mol. The predicted molar refractivity (Wildman–Crippen MR) is 86.6 cm³/mol. The molecule has 0 radical (unpaired) electrons. The fourth-order valence-corrected chi connectivity index (χ4v) is 1.94. The molecule has 2 aromatic carbocycles. The quantitative estimate of drug-likeness (QED) is 0.861. The van der Waals surface area contributed by atoms with E-state index in [0.29, 0.717) is 11.4 Å². The van der Waals surface area contributed by atoms with Gasteiger partial charge in [0.15, 0.2) is 0 Å². The Bertz CT molecular complexity index is 657. The third kappa shape index (κ3) is 4.21. The van der Waals surface area contributed by atoms with Crippen LogP contribution in [-0.4, -0.2) is 13.0 Å². The first-order chi connectivity index (χ1) is 10.1. The summed E-state index contributed by atoms with van der Waals surface area (Å²) in [5.74, 6) is 0.470. The lowest BCUT2D eigenvalue weighted by Crippen LogP contribution is -2.09. The van der Waals surface area contributed by atoms with Gasteiger partial charge >= 0.3 is 0 Å². The Labute approximate surface area is 125 Å². The van der Waals surface area contributed by atoms with Gasteiger partial charge < -0.3 is 10.1 Å². The highest BCUT2D eigenvalue weighted by Crippen LogP contribution is 2.25. The second-order valence-electron chi connectivity index (χ2n) is 4.94. The van der Waals surface area contributed by atoms with Crippen molar-refractivity contribution in [2.24, 2.45) is 0 Å². The maximum atomic E-state index is 12.0. The van der Waals surface area contributed by atoms with Crippen molar-refractivity contribution in [3.8, 4) is 5.75 Å². The summed E-state index contributed by atoms with van der Waals surface area (Å²) >= 11 is 0. The molecular formula is C18H19NO2. The average Bonchev–Trinajstić information content (AvgIpc) is 2.47.